The van der Waals surface area contributed by atoms with E-state index in [1.807, 2.05) is 24.5 Å². The lowest BCUT2D eigenvalue weighted by molar-refractivity contribution is 0.0952. The summed E-state index contributed by atoms with van der Waals surface area (Å²) in [6.45, 7) is 1.51. The fourth-order valence-electron chi connectivity index (χ4n) is 2.02. The van der Waals surface area contributed by atoms with E-state index in [0.717, 1.165) is 13.0 Å². The maximum Gasteiger partial charge on any atom is 0.251 e. The SMILES string of the molecule is COc1cc(OC)cc(C(=O)NCCCn2cccc2)c1. The minimum absolute atomic E-state index is 0.125. The summed E-state index contributed by atoms with van der Waals surface area (Å²) in [5, 5.41) is 2.90. The number of aromatic nitrogens is 1. The molecule has 0 atom stereocenters. The van der Waals surface area contributed by atoms with Gasteiger partial charge in [-0.3, -0.25) is 4.79 Å². The smallest absolute Gasteiger partial charge is 0.251 e. The molecule has 0 bridgehead atoms. The second-order valence-electron chi connectivity index (χ2n) is 4.63. The van der Waals surface area contributed by atoms with Crippen LogP contribution in [0.25, 0.3) is 0 Å². The van der Waals surface area contributed by atoms with Crippen LogP contribution in [-0.2, 0) is 6.54 Å². The molecule has 1 aromatic carbocycles. The average molecular weight is 288 g/mol. The summed E-state index contributed by atoms with van der Waals surface area (Å²) < 4.78 is 12.4. The van der Waals surface area contributed by atoms with Crippen molar-refractivity contribution in [3.8, 4) is 11.5 Å². The molecule has 1 N–H and O–H groups in total. The predicted octanol–water partition coefficient (Wildman–Crippen LogP) is 2.33. The molecule has 1 amide bonds. The first kappa shape index (κ1) is 15.0. The lowest BCUT2D eigenvalue weighted by Gasteiger charge is -2.09. The van der Waals surface area contributed by atoms with Crippen LogP contribution in [0.2, 0.25) is 0 Å². The highest BCUT2D eigenvalue weighted by Crippen LogP contribution is 2.22. The maximum absolute atomic E-state index is 12.1. The summed E-state index contributed by atoms with van der Waals surface area (Å²) in [5.74, 6) is 1.08. The Morgan fingerprint density at radius 2 is 1.71 bits per heavy atom. The number of methoxy groups -OCH3 is 2. The highest BCUT2D eigenvalue weighted by Gasteiger charge is 2.09. The fraction of sp³-hybridized carbons (Fsp3) is 0.312. The van der Waals surface area contributed by atoms with Gasteiger partial charge >= 0.3 is 0 Å². The quantitative estimate of drug-likeness (QED) is 0.796. The molecule has 0 aliphatic rings. The highest BCUT2D eigenvalue weighted by molar-refractivity contribution is 5.95. The Morgan fingerprint density at radius 1 is 1.10 bits per heavy atom. The molecule has 1 aromatic heterocycles. The van der Waals surface area contributed by atoms with E-state index in [1.165, 1.54) is 0 Å². The lowest BCUT2D eigenvalue weighted by Crippen LogP contribution is -2.25. The van der Waals surface area contributed by atoms with Crippen LogP contribution in [0.3, 0.4) is 0 Å². The molecule has 0 unspecified atom stereocenters. The van der Waals surface area contributed by atoms with Gasteiger partial charge in [-0.25, -0.2) is 0 Å². The fourth-order valence-corrected chi connectivity index (χ4v) is 2.02. The minimum Gasteiger partial charge on any atom is -0.497 e. The third kappa shape index (κ3) is 4.27. The molecule has 2 rings (SSSR count). The third-order valence-electron chi connectivity index (χ3n) is 3.16. The number of rotatable bonds is 7. The molecule has 5 nitrogen and oxygen atoms in total. The van der Waals surface area contributed by atoms with E-state index in [-0.39, 0.29) is 5.91 Å². The van der Waals surface area contributed by atoms with Crippen LogP contribution in [-0.4, -0.2) is 31.2 Å². The topological polar surface area (TPSA) is 52.5 Å². The van der Waals surface area contributed by atoms with Gasteiger partial charge in [0.2, 0.25) is 0 Å². The van der Waals surface area contributed by atoms with Crippen LogP contribution in [0.1, 0.15) is 16.8 Å². The van der Waals surface area contributed by atoms with Gasteiger partial charge in [0.15, 0.2) is 0 Å². The van der Waals surface area contributed by atoms with E-state index >= 15 is 0 Å². The van der Waals surface area contributed by atoms with Crippen molar-refractivity contribution in [3.05, 3.63) is 48.3 Å². The van der Waals surface area contributed by atoms with Crippen LogP contribution in [0.15, 0.2) is 42.7 Å². The summed E-state index contributed by atoms with van der Waals surface area (Å²) in [5.41, 5.74) is 0.534. The number of nitrogens with zero attached hydrogens (tertiary/aromatic N) is 1. The second-order valence-corrected chi connectivity index (χ2v) is 4.63. The zero-order chi connectivity index (χ0) is 15.1. The monoisotopic (exact) mass is 288 g/mol. The number of amides is 1. The zero-order valence-electron chi connectivity index (χ0n) is 12.3. The van der Waals surface area contributed by atoms with Crippen molar-refractivity contribution in [2.45, 2.75) is 13.0 Å². The summed E-state index contributed by atoms with van der Waals surface area (Å²) >= 11 is 0. The Kier molecular flexibility index (Phi) is 5.26. The van der Waals surface area contributed by atoms with Crippen molar-refractivity contribution < 1.29 is 14.3 Å². The molecule has 2 aromatic rings. The summed E-state index contributed by atoms with van der Waals surface area (Å²) in [6.07, 6.45) is 4.89. The van der Waals surface area contributed by atoms with Gasteiger partial charge in [-0.1, -0.05) is 0 Å². The number of aryl methyl sites for hydroxylation is 1. The molecule has 0 aliphatic carbocycles. The minimum atomic E-state index is -0.125. The summed E-state index contributed by atoms with van der Waals surface area (Å²) in [4.78, 5) is 12.1. The highest BCUT2D eigenvalue weighted by atomic mass is 16.5. The molecule has 0 saturated heterocycles. The molecular weight excluding hydrogens is 268 g/mol. The molecule has 112 valence electrons. The van der Waals surface area contributed by atoms with E-state index in [2.05, 4.69) is 9.88 Å². The Balaban J connectivity index is 1.87. The van der Waals surface area contributed by atoms with E-state index in [0.29, 0.717) is 23.6 Å². The number of ether oxygens (including phenoxy) is 2. The summed E-state index contributed by atoms with van der Waals surface area (Å²) in [7, 11) is 3.13. The molecule has 21 heavy (non-hydrogen) atoms. The van der Waals surface area contributed by atoms with Gasteiger partial charge in [0.05, 0.1) is 14.2 Å². The van der Waals surface area contributed by atoms with E-state index < -0.39 is 0 Å². The number of carbonyl (C=O) groups excluding carboxylic acids is 1. The van der Waals surface area contributed by atoms with Gasteiger partial charge in [-0.15, -0.1) is 0 Å². The molecule has 0 fully saturated rings. The number of hydrogen-bond acceptors (Lipinski definition) is 3. The number of hydrogen-bond donors (Lipinski definition) is 1. The molecule has 1 heterocycles. The molecule has 0 spiro atoms. The van der Waals surface area contributed by atoms with Crippen molar-refractivity contribution in [2.75, 3.05) is 20.8 Å². The Morgan fingerprint density at radius 3 is 2.29 bits per heavy atom. The van der Waals surface area contributed by atoms with Gasteiger partial charge in [-0.05, 0) is 30.7 Å². The first-order valence-corrected chi connectivity index (χ1v) is 6.85. The van der Waals surface area contributed by atoms with Crippen LogP contribution in [0, 0.1) is 0 Å². The molecular formula is C16H20N2O3. The predicted molar refractivity (Wildman–Crippen MR) is 80.9 cm³/mol. The molecule has 0 aliphatic heterocycles. The van der Waals surface area contributed by atoms with Gasteiger partial charge in [-0.2, -0.15) is 0 Å². The van der Waals surface area contributed by atoms with Crippen LogP contribution < -0.4 is 14.8 Å². The second kappa shape index (κ2) is 7.38. The average Bonchev–Trinajstić information content (AvgIpc) is 3.04. The van der Waals surface area contributed by atoms with Gasteiger partial charge in [0, 0.05) is 37.1 Å². The molecule has 0 radical (unpaired) electrons. The van der Waals surface area contributed by atoms with E-state index in [1.54, 1.807) is 32.4 Å². The normalized spacial score (nSPS) is 10.2. The summed E-state index contributed by atoms with van der Waals surface area (Å²) in [6, 6.07) is 9.11. The van der Waals surface area contributed by atoms with Gasteiger partial charge < -0.3 is 19.4 Å². The van der Waals surface area contributed by atoms with Crippen LogP contribution >= 0.6 is 0 Å². The largest absolute Gasteiger partial charge is 0.497 e. The van der Waals surface area contributed by atoms with Crippen molar-refractivity contribution in [2.24, 2.45) is 0 Å². The van der Waals surface area contributed by atoms with Crippen molar-refractivity contribution in [3.63, 3.8) is 0 Å². The Bertz CT molecular complexity index is 557. The number of nitrogens with one attached hydrogen (secondary N) is 1. The molecule has 5 heteroatoms. The Hall–Kier alpha value is -2.43. The lowest BCUT2D eigenvalue weighted by atomic mass is 10.2. The zero-order valence-corrected chi connectivity index (χ0v) is 12.3. The molecule has 0 saturated carbocycles. The van der Waals surface area contributed by atoms with E-state index in [4.69, 9.17) is 9.47 Å². The number of carbonyl (C=O) groups is 1. The number of benzene rings is 1. The van der Waals surface area contributed by atoms with Gasteiger partial charge in [0.1, 0.15) is 11.5 Å². The Labute approximate surface area is 124 Å². The first-order chi connectivity index (χ1) is 10.2. The van der Waals surface area contributed by atoms with Crippen molar-refractivity contribution in [1.82, 2.24) is 9.88 Å². The standard InChI is InChI=1S/C16H20N2O3/c1-20-14-10-13(11-15(12-14)21-2)16(19)17-6-5-9-18-7-3-4-8-18/h3-4,7-8,10-12H,5-6,9H2,1-2H3,(H,17,19). The van der Waals surface area contributed by atoms with Crippen molar-refractivity contribution >= 4 is 5.91 Å². The van der Waals surface area contributed by atoms with Crippen LogP contribution in [0.5, 0.6) is 11.5 Å². The van der Waals surface area contributed by atoms with Crippen LogP contribution in [0.4, 0.5) is 0 Å². The van der Waals surface area contributed by atoms with E-state index in [9.17, 15) is 4.79 Å². The maximum atomic E-state index is 12.1. The van der Waals surface area contributed by atoms with Gasteiger partial charge in [0.25, 0.3) is 5.91 Å². The first-order valence-electron chi connectivity index (χ1n) is 6.85. The van der Waals surface area contributed by atoms with Crippen molar-refractivity contribution in [1.29, 1.82) is 0 Å². The third-order valence-corrected chi connectivity index (χ3v) is 3.16.